The number of methoxy groups -OCH3 is 1. The van der Waals surface area contributed by atoms with E-state index < -0.39 is 18.0 Å². The van der Waals surface area contributed by atoms with Crippen LogP contribution in [0, 0.1) is 0 Å². The monoisotopic (exact) mass is 357 g/mol. The summed E-state index contributed by atoms with van der Waals surface area (Å²) in [7, 11) is 1.32. The van der Waals surface area contributed by atoms with E-state index in [1.54, 1.807) is 45.0 Å². The molecule has 26 heavy (non-hydrogen) atoms. The zero-order chi connectivity index (χ0) is 18.8. The smallest absolute Gasteiger partial charge is 0.338 e. The van der Waals surface area contributed by atoms with Gasteiger partial charge in [0.2, 0.25) is 5.95 Å². The summed E-state index contributed by atoms with van der Waals surface area (Å²) >= 11 is 0. The van der Waals surface area contributed by atoms with Crippen molar-refractivity contribution in [2.24, 2.45) is 0 Å². The normalized spacial score (nSPS) is 16.1. The van der Waals surface area contributed by atoms with Gasteiger partial charge in [-0.15, -0.1) is 0 Å². The average Bonchev–Trinajstić information content (AvgIpc) is 3.07. The molecule has 1 aliphatic rings. The van der Waals surface area contributed by atoms with Gasteiger partial charge < -0.3 is 14.8 Å². The van der Waals surface area contributed by atoms with Gasteiger partial charge in [0.1, 0.15) is 6.04 Å². The van der Waals surface area contributed by atoms with E-state index in [1.807, 2.05) is 0 Å². The Balaban J connectivity index is 2.06. The Kier molecular flexibility index (Phi) is 4.70. The van der Waals surface area contributed by atoms with E-state index in [2.05, 4.69) is 20.8 Å². The predicted octanol–water partition coefficient (Wildman–Crippen LogP) is 1.70. The molecule has 136 valence electrons. The van der Waals surface area contributed by atoms with Crippen LogP contribution in [0.2, 0.25) is 0 Å². The molecule has 0 saturated carbocycles. The molecule has 1 aromatic carbocycles. The Morgan fingerprint density at radius 3 is 2.50 bits per heavy atom. The summed E-state index contributed by atoms with van der Waals surface area (Å²) in [5, 5.41) is 14.6. The number of tetrazole rings is 1. The van der Waals surface area contributed by atoms with Crippen LogP contribution < -0.4 is 5.32 Å². The molecule has 0 spiro atoms. The number of fused-ring (bicyclic) bond motifs is 1. The number of nitrogens with zero attached hydrogens (tertiary/aromatic N) is 4. The Morgan fingerprint density at radius 1 is 1.19 bits per heavy atom. The Hall–Kier alpha value is -3.23. The summed E-state index contributed by atoms with van der Waals surface area (Å²) < 4.78 is 11.6. The number of allylic oxidation sites excluding steroid dienone is 1. The van der Waals surface area contributed by atoms with Crippen LogP contribution >= 0.6 is 0 Å². The lowest BCUT2D eigenvalue weighted by Crippen LogP contribution is -2.30. The van der Waals surface area contributed by atoms with Gasteiger partial charge in [-0.25, -0.2) is 9.59 Å². The summed E-state index contributed by atoms with van der Waals surface area (Å²) in [6.45, 7) is 5.34. The number of hydrogen-bond acceptors (Lipinski definition) is 8. The molecule has 2 heterocycles. The third-order valence-corrected chi connectivity index (χ3v) is 3.92. The van der Waals surface area contributed by atoms with Crippen molar-refractivity contribution in [2.45, 2.75) is 32.9 Å². The number of nitrogens with one attached hydrogen (secondary N) is 1. The Morgan fingerprint density at radius 2 is 1.88 bits per heavy atom. The first-order valence-corrected chi connectivity index (χ1v) is 8.07. The first kappa shape index (κ1) is 17.6. The molecule has 1 aliphatic heterocycles. The number of carbonyl (C=O) groups excluding carboxylic acids is 2. The molecule has 0 saturated heterocycles. The fourth-order valence-corrected chi connectivity index (χ4v) is 2.78. The van der Waals surface area contributed by atoms with E-state index in [1.165, 1.54) is 11.8 Å². The van der Waals surface area contributed by atoms with E-state index >= 15 is 0 Å². The second-order valence-corrected chi connectivity index (χ2v) is 6.08. The topological polar surface area (TPSA) is 108 Å². The number of ether oxygens (including phenoxy) is 2. The number of carbonyl (C=O) groups is 2. The van der Waals surface area contributed by atoms with Gasteiger partial charge >= 0.3 is 11.9 Å². The maximum atomic E-state index is 12.7. The molecule has 0 amide bonds. The number of rotatable bonds is 4. The predicted molar refractivity (Wildman–Crippen MR) is 91.3 cm³/mol. The highest BCUT2D eigenvalue weighted by molar-refractivity contribution is 5.93. The van der Waals surface area contributed by atoms with Crippen molar-refractivity contribution in [3.05, 3.63) is 46.7 Å². The molecule has 9 heteroatoms. The second-order valence-electron chi connectivity index (χ2n) is 6.08. The minimum Gasteiger partial charge on any atom is -0.465 e. The molecule has 2 aromatic rings. The van der Waals surface area contributed by atoms with Crippen LogP contribution in [0.1, 0.15) is 42.7 Å². The minimum atomic E-state index is -0.570. The maximum absolute atomic E-state index is 12.7. The number of aromatic nitrogens is 4. The standard InChI is InChI=1S/C17H19N5O4/c1-9(2)26-16(24)13-10(3)18-17-19-20-21-22(17)14(13)11-5-7-12(8-6-11)15(23)25-4/h5-9,14H,1-4H3,(H,18,19,21)/t14-/m0/s1. The molecule has 0 unspecified atom stereocenters. The number of hydrogen-bond donors (Lipinski definition) is 1. The SMILES string of the molecule is COC(=O)c1ccc([C@H]2C(C(=O)OC(C)C)=C(C)Nc3nnnn32)cc1. The van der Waals surface area contributed by atoms with Gasteiger partial charge in [0.25, 0.3) is 0 Å². The third kappa shape index (κ3) is 3.15. The molecule has 9 nitrogen and oxygen atoms in total. The van der Waals surface area contributed by atoms with Crippen LogP contribution in [0.5, 0.6) is 0 Å². The van der Waals surface area contributed by atoms with Gasteiger partial charge in [0.05, 0.1) is 24.4 Å². The third-order valence-electron chi connectivity index (χ3n) is 3.92. The molecule has 0 aliphatic carbocycles. The van der Waals surface area contributed by atoms with Crippen molar-refractivity contribution < 1.29 is 19.1 Å². The van der Waals surface area contributed by atoms with E-state index in [0.29, 0.717) is 22.8 Å². The highest BCUT2D eigenvalue weighted by Gasteiger charge is 2.35. The summed E-state index contributed by atoms with van der Waals surface area (Å²) in [6, 6.07) is 6.18. The van der Waals surface area contributed by atoms with E-state index in [4.69, 9.17) is 9.47 Å². The number of esters is 2. The summed E-state index contributed by atoms with van der Waals surface area (Å²) in [5.41, 5.74) is 2.17. The number of anilines is 1. The Labute approximate surface area is 150 Å². The zero-order valence-corrected chi connectivity index (χ0v) is 14.9. The molecule has 0 fully saturated rings. The first-order chi connectivity index (χ1) is 12.4. The van der Waals surface area contributed by atoms with E-state index in [-0.39, 0.29) is 6.10 Å². The molecular weight excluding hydrogens is 338 g/mol. The minimum absolute atomic E-state index is 0.264. The number of benzene rings is 1. The lowest BCUT2D eigenvalue weighted by atomic mass is 9.95. The summed E-state index contributed by atoms with van der Waals surface area (Å²) in [4.78, 5) is 24.3. The lowest BCUT2D eigenvalue weighted by molar-refractivity contribution is -0.143. The van der Waals surface area contributed by atoms with Gasteiger partial charge in [-0.3, -0.25) is 0 Å². The van der Waals surface area contributed by atoms with Crippen LogP contribution in [0.4, 0.5) is 5.95 Å². The molecule has 1 N–H and O–H groups in total. The van der Waals surface area contributed by atoms with Crippen molar-refractivity contribution in [1.82, 2.24) is 20.2 Å². The van der Waals surface area contributed by atoms with Crippen molar-refractivity contribution in [3.63, 3.8) is 0 Å². The lowest BCUT2D eigenvalue weighted by Gasteiger charge is -2.28. The van der Waals surface area contributed by atoms with Crippen LogP contribution in [0.3, 0.4) is 0 Å². The maximum Gasteiger partial charge on any atom is 0.338 e. The highest BCUT2D eigenvalue weighted by atomic mass is 16.5. The molecule has 0 radical (unpaired) electrons. The molecule has 1 atom stereocenters. The van der Waals surface area contributed by atoms with Gasteiger partial charge in [0.15, 0.2) is 0 Å². The van der Waals surface area contributed by atoms with Crippen molar-refractivity contribution in [1.29, 1.82) is 0 Å². The van der Waals surface area contributed by atoms with E-state index in [0.717, 1.165) is 5.56 Å². The molecule has 1 aromatic heterocycles. The van der Waals surface area contributed by atoms with Crippen molar-refractivity contribution in [3.8, 4) is 0 Å². The van der Waals surface area contributed by atoms with Crippen molar-refractivity contribution in [2.75, 3.05) is 12.4 Å². The van der Waals surface area contributed by atoms with Gasteiger partial charge in [0, 0.05) is 5.70 Å². The van der Waals surface area contributed by atoms with Crippen LogP contribution in [0.25, 0.3) is 0 Å². The van der Waals surface area contributed by atoms with Gasteiger partial charge in [-0.1, -0.05) is 17.2 Å². The molecular formula is C17H19N5O4. The highest BCUT2D eigenvalue weighted by Crippen LogP contribution is 2.35. The second kappa shape index (κ2) is 6.95. The van der Waals surface area contributed by atoms with E-state index in [9.17, 15) is 9.59 Å². The average molecular weight is 357 g/mol. The Bertz CT molecular complexity index is 870. The molecule has 0 bridgehead atoms. The first-order valence-electron chi connectivity index (χ1n) is 8.07. The molecule has 3 rings (SSSR count). The summed E-state index contributed by atoms with van der Waals surface area (Å²) in [6.07, 6.45) is -0.264. The fourth-order valence-electron chi connectivity index (χ4n) is 2.78. The largest absolute Gasteiger partial charge is 0.465 e. The van der Waals surface area contributed by atoms with Gasteiger partial charge in [-0.05, 0) is 48.9 Å². The van der Waals surface area contributed by atoms with Crippen LogP contribution in [-0.2, 0) is 14.3 Å². The zero-order valence-electron chi connectivity index (χ0n) is 14.9. The van der Waals surface area contributed by atoms with Crippen LogP contribution in [-0.4, -0.2) is 45.4 Å². The van der Waals surface area contributed by atoms with Gasteiger partial charge in [-0.2, -0.15) is 4.68 Å². The fraction of sp³-hybridized carbons (Fsp3) is 0.353. The summed E-state index contributed by atoms with van der Waals surface area (Å²) in [5.74, 6) is -0.463. The quantitative estimate of drug-likeness (QED) is 0.824. The van der Waals surface area contributed by atoms with Crippen molar-refractivity contribution >= 4 is 17.9 Å². The van der Waals surface area contributed by atoms with Crippen LogP contribution in [0.15, 0.2) is 35.5 Å².